The molecule has 0 aliphatic heterocycles. The fourth-order valence-corrected chi connectivity index (χ4v) is 4.65. The van der Waals surface area contributed by atoms with Crippen molar-refractivity contribution < 1.29 is 24.2 Å². The lowest BCUT2D eigenvalue weighted by Crippen LogP contribution is -2.45. The molecule has 2 aliphatic rings. The molecule has 0 spiro atoms. The van der Waals surface area contributed by atoms with Crippen molar-refractivity contribution in [2.24, 2.45) is 5.92 Å². The SMILES string of the molecule is CCC[C@@H](CC(=O)NC(C(=O)O)C1CC1)NC(=O)OCC1c2ccccc2-c2ccccc21. The average Bonchev–Trinajstić information content (AvgIpc) is 3.58. The van der Waals surface area contributed by atoms with Gasteiger partial charge in [-0.1, -0.05) is 61.9 Å². The standard InChI is InChI=1S/C26H30N2O5/c1-2-7-17(14-23(29)28-24(25(30)31)16-12-13-16)27-26(32)33-15-22-20-10-5-3-8-18(20)19-9-4-6-11-21(19)22/h3-6,8-11,16-17,22,24H,2,7,12-15H2,1H3,(H,27,32)(H,28,29)(H,30,31)/t17-,24?/m0/s1. The van der Waals surface area contributed by atoms with Crippen LogP contribution in [-0.2, 0) is 14.3 Å². The van der Waals surface area contributed by atoms with Gasteiger partial charge in [-0.05, 0) is 47.4 Å². The zero-order valence-corrected chi connectivity index (χ0v) is 18.8. The molecular formula is C26H30N2O5. The third-order valence-electron chi connectivity index (χ3n) is 6.41. The van der Waals surface area contributed by atoms with Gasteiger partial charge >= 0.3 is 12.1 Å². The number of nitrogens with one attached hydrogen (secondary N) is 2. The van der Waals surface area contributed by atoms with Crippen LogP contribution in [0.5, 0.6) is 0 Å². The summed E-state index contributed by atoms with van der Waals surface area (Å²) in [5, 5.41) is 14.7. The Hall–Kier alpha value is -3.35. The van der Waals surface area contributed by atoms with Crippen molar-refractivity contribution in [1.29, 1.82) is 0 Å². The highest BCUT2D eigenvalue weighted by Crippen LogP contribution is 2.44. The van der Waals surface area contributed by atoms with Crippen LogP contribution in [0.15, 0.2) is 48.5 Å². The van der Waals surface area contributed by atoms with Crippen molar-refractivity contribution in [2.45, 2.75) is 57.0 Å². The van der Waals surface area contributed by atoms with E-state index in [9.17, 15) is 19.5 Å². The van der Waals surface area contributed by atoms with Crippen molar-refractivity contribution in [3.8, 4) is 11.1 Å². The number of aliphatic carboxylic acids is 1. The number of ether oxygens (including phenoxy) is 1. The largest absolute Gasteiger partial charge is 0.480 e. The first kappa shape index (κ1) is 22.8. The van der Waals surface area contributed by atoms with Crippen LogP contribution in [-0.4, -0.2) is 41.8 Å². The number of carbonyl (C=O) groups excluding carboxylic acids is 2. The average molecular weight is 451 g/mol. The number of carboxylic acid groups (broad SMARTS) is 1. The lowest BCUT2D eigenvalue weighted by Gasteiger charge is -2.20. The first-order chi connectivity index (χ1) is 16.0. The van der Waals surface area contributed by atoms with E-state index in [0.29, 0.717) is 6.42 Å². The molecule has 0 heterocycles. The number of alkyl carbamates (subject to hydrolysis) is 1. The maximum Gasteiger partial charge on any atom is 0.407 e. The zero-order valence-electron chi connectivity index (χ0n) is 18.8. The minimum atomic E-state index is -1.01. The molecule has 3 N–H and O–H groups in total. The Kier molecular flexibility index (Phi) is 6.96. The van der Waals surface area contributed by atoms with Gasteiger partial charge in [-0.25, -0.2) is 9.59 Å². The monoisotopic (exact) mass is 450 g/mol. The van der Waals surface area contributed by atoms with Gasteiger partial charge in [0.25, 0.3) is 0 Å². The number of fused-ring (bicyclic) bond motifs is 3. The Bertz CT molecular complexity index is 987. The molecule has 7 nitrogen and oxygen atoms in total. The van der Waals surface area contributed by atoms with E-state index in [2.05, 4.69) is 34.9 Å². The summed E-state index contributed by atoms with van der Waals surface area (Å²) in [6.45, 7) is 2.17. The highest BCUT2D eigenvalue weighted by atomic mass is 16.5. The van der Waals surface area contributed by atoms with Gasteiger partial charge in [-0.15, -0.1) is 0 Å². The molecular weight excluding hydrogens is 420 g/mol. The molecule has 4 rings (SSSR count). The molecule has 33 heavy (non-hydrogen) atoms. The highest BCUT2D eigenvalue weighted by molar-refractivity contribution is 5.84. The van der Waals surface area contributed by atoms with Crippen molar-refractivity contribution in [3.05, 3.63) is 59.7 Å². The quantitative estimate of drug-likeness (QED) is 0.506. The van der Waals surface area contributed by atoms with Crippen LogP contribution in [0.25, 0.3) is 11.1 Å². The van der Waals surface area contributed by atoms with Crippen LogP contribution in [0.4, 0.5) is 4.79 Å². The molecule has 1 fully saturated rings. The molecule has 2 aliphatic carbocycles. The Morgan fingerprint density at radius 3 is 2.15 bits per heavy atom. The molecule has 7 heteroatoms. The molecule has 0 bridgehead atoms. The maximum atomic E-state index is 12.6. The van der Waals surface area contributed by atoms with Gasteiger partial charge in [0.2, 0.25) is 5.91 Å². The van der Waals surface area contributed by atoms with Gasteiger partial charge in [0, 0.05) is 18.4 Å². The molecule has 2 aromatic rings. The Labute approximate surface area is 193 Å². The summed E-state index contributed by atoms with van der Waals surface area (Å²) in [5.74, 6) is -1.41. The molecule has 0 saturated heterocycles. The normalized spacial score (nSPS) is 16.3. The fourth-order valence-electron chi connectivity index (χ4n) is 4.65. The fraction of sp³-hybridized carbons (Fsp3) is 0.423. The van der Waals surface area contributed by atoms with Crippen molar-refractivity contribution in [2.75, 3.05) is 6.61 Å². The third kappa shape index (κ3) is 5.35. The number of amides is 2. The van der Waals surface area contributed by atoms with Crippen LogP contribution < -0.4 is 10.6 Å². The highest BCUT2D eigenvalue weighted by Gasteiger charge is 2.37. The van der Waals surface area contributed by atoms with E-state index in [1.807, 2.05) is 31.2 Å². The van der Waals surface area contributed by atoms with Crippen molar-refractivity contribution in [3.63, 3.8) is 0 Å². The van der Waals surface area contributed by atoms with Gasteiger partial charge < -0.3 is 20.5 Å². The van der Waals surface area contributed by atoms with Crippen LogP contribution in [0.2, 0.25) is 0 Å². The van der Waals surface area contributed by atoms with Crippen LogP contribution in [0, 0.1) is 5.92 Å². The second-order valence-corrected chi connectivity index (χ2v) is 8.88. The Morgan fingerprint density at radius 2 is 1.61 bits per heavy atom. The second-order valence-electron chi connectivity index (χ2n) is 8.88. The Morgan fingerprint density at radius 1 is 1.00 bits per heavy atom. The predicted octanol–water partition coefficient (Wildman–Crippen LogP) is 4.06. The van der Waals surface area contributed by atoms with E-state index < -0.39 is 24.1 Å². The molecule has 174 valence electrons. The Balaban J connectivity index is 1.34. The summed E-state index contributed by atoms with van der Waals surface area (Å²) in [7, 11) is 0. The summed E-state index contributed by atoms with van der Waals surface area (Å²) < 4.78 is 5.59. The summed E-state index contributed by atoms with van der Waals surface area (Å²) >= 11 is 0. The summed E-state index contributed by atoms with van der Waals surface area (Å²) in [4.78, 5) is 36.4. The lowest BCUT2D eigenvalue weighted by atomic mass is 9.98. The first-order valence-electron chi connectivity index (χ1n) is 11.6. The van der Waals surface area contributed by atoms with Gasteiger partial charge in [-0.3, -0.25) is 4.79 Å². The molecule has 2 atom stereocenters. The smallest absolute Gasteiger partial charge is 0.407 e. The summed E-state index contributed by atoms with van der Waals surface area (Å²) in [5.41, 5.74) is 4.59. The molecule has 1 unspecified atom stereocenters. The van der Waals surface area contributed by atoms with Gasteiger partial charge in [0.15, 0.2) is 0 Å². The summed E-state index contributed by atoms with van der Waals surface area (Å²) in [6.07, 6.45) is 2.45. The van der Waals surface area contributed by atoms with Gasteiger partial charge in [0.1, 0.15) is 12.6 Å². The molecule has 2 amide bonds. The topological polar surface area (TPSA) is 105 Å². The number of benzene rings is 2. The number of carboxylic acids is 1. The van der Waals surface area contributed by atoms with Gasteiger partial charge in [0.05, 0.1) is 0 Å². The zero-order chi connectivity index (χ0) is 23.4. The van der Waals surface area contributed by atoms with Crippen LogP contribution >= 0.6 is 0 Å². The van der Waals surface area contributed by atoms with E-state index in [4.69, 9.17) is 4.74 Å². The van der Waals surface area contributed by atoms with Crippen LogP contribution in [0.1, 0.15) is 56.1 Å². The predicted molar refractivity (Wildman–Crippen MR) is 124 cm³/mol. The van der Waals surface area contributed by atoms with Gasteiger partial charge in [-0.2, -0.15) is 0 Å². The van der Waals surface area contributed by atoms with E-state index >= 15 is 0 Å². The van der Waals surface area contributed by atoms with E-state index in [1.54, 1.807) is 0 Å². The number of carbonyl (C=O) groups is 3. The molecule has 2 aromatic carbocycles. The lowest BCUT2D eigenvalue weighted by molar-refractivity contribution is -0.142. The second kappa shape index (κ2) is 10.1. The minimum absolute atomic E-state index is 0.00571. The van der Waals surface area contributed by atoms with E-state index in [-0.39, 0.29) is 30.8 Å². The molecule has 0 radical (unpaired) electrons. The maximum absolute atomic E-state index is 12.6. The van der Waals surface area contributed by atoms with Crippen molar-refractivity contribution in [1.82, 2.24) is 10.6 Å². The first-order valence-corrected chi connectivity index (χ1v) is 11.6. The molecule has 0 aromatic heterocycles. The van der Waals surface area contributed by atoms with E-state index in [1.165, 1.54) is 0 Å². The minimum Gasteiger partial charge on any atom is -0.480 e. The molecule has 1 saturated carbocycles. The summed E-state index contributed by atoms with van der Waals surface area (Å²) in [6, 6.07) is 15.0. The number of hydrogen-bond donors (Lipinski definition) is 3. The third-order valence-corrected chi connectivity index (χ3v) is 6.41. The van der Waals surface area contributed by atoms with E-state index in [0.717, 1.165) is 41.5 Å². The van der Waals surface area contributed by atoms with Crippen LogP contribution in [0.3, 0.4) is 0 Å². The number of hydrogen-bond acceptors (Lipinski definition) is 4. The van der Waals surface area contributed by atoms with Crippen molar-refractivity contribution >= 4 is 18.0 Å². The number of rotatable bonds is 10.